The standard InChI is InChI=1S/C10H12.C5H11NOS/c1-3-9(2)10-7-5-4-6-8-10;1-3-5(2)4-8(6)7/h3-8H,1-2H3;3H,4,6H2,1-2H3/b9-3+;5-3+. The number of rotatable bonds is 3. The van der Waals surface area contributed by atoms with E-state index in [4.69, 9.17) is 5.14 Å². The van der Waals surface area contributed by atoms with Gasteiger partial charge in [0.2, 0.25) is 0 Å². The van der Waals surface area contributed by atoms with Crippen LogP contribution in [0.1, 0.15) is 33.3 Å². The van der Waals surface area contributed by atoms with Gasteiger partial charge in [0, 0.05) is 0 Å². The Morgan fingerprint density at radius 2 is 1.72 bits per heavy atom. The maximum atomic E-state index is 10.3. The minimum absolute atomic E-state index is 0.497. The van der Waals surface area contributed by atoms with Crippen molar-refractivity contribution in [2.45, 2.75) is 27.7 Å². The molecule has 0 aliphatic carbocycles. The smallest absolute Gasteiger partial charge is 0.0929 e. The molecule has 0 fully saturated rings. The average molecular weight is 265 g/mol. The van der Waals surface area contributed by atoms with E-state index in [1.54, 1.807) is 0 Å². The van der Waals surface area contributed by atoms with Gasteiger partial charge in [0.1, 0.15) is 0 Å². The molecule has 100 valence electrons. The number of hydrogen-bond donors (Lipinski definition) is 1. The highest BCUT2D eigenvalue weighted by atomic mass is 32.2. The topological polar surface area (TPSA) is 43.1 Å². The average Bonchev–Trinajstić information content (AvgIpc) is 2.38. The van der Waals surface area contributed by atoms with Crippen molar-refractivity contribution in [3.63, 3.8) is 0 Å². The van der Waals surface area contributed by atoms with Gasteiger partial charge in [-0.25, -0.2) is 4.21 Å². The Labute approximate surface area is 113 Å². The van der Waals surface area contributed by atoms with Gasteiger partial charge < -0.3 is 0 Å². The molecule has 1 aromatic rings. The van der Waals surface area contributed by atoms with Crippen LogP contribution in [0, 0.1) is 0 Å². The quantitative estimate of drug-likeness (QED) is 0.832. The van der Waals surface area contributed by atoms with E-state index < -0.39 is 11.0 Å². The maximum absolute atomic E-state index is 10.3. The summed E-state index contributed by atoms with van der Waals surface area (Å²) < 4.78 is 10.3. The molecule has 0 amide bonds. The first kappa shape index (κ1) is 16.8. The zero-order valence-electron chi connectivity index (χ0n) is 11.6. The lowest BCUT2D eigenvalue weighted by atomic mass is 10.1. The molecular formula is C15H23NOS. The molecule has 0 aromatic heterocycles. The van der Waals surface area contributed by atoms with Crippen LogP contribution in [-0.4, -0.2) is 9.96 Å². The number of allylic oxidation sites excluding steroid dienone is 3. The van der Waals surface area contributed by atoms with E-state index in [9.17, 15) is 4.21 Å². The lowest BCUT2D eigenvalue weighted by molar-refractivity contribution is 0.685. The van der Waals surface area contributed by atoms with Gasteiger partial charge in [-0.15, -0.1) is 0 Å². The molecule has 0 heterocycles. The molecule has 0 saturated carbocycles. The lowest BCUT2D eigenvalue weighted by Gasteiger charge is -1.97. The zero-order valence-corrected chi connectivity index (χ0v) is 12.5. The van der Waals surface area contributed by atoms with Crippen molar-refractivity contribution in [2.24, 2.45) is 5.14 Å². The molecule has 2 N–H and O–H groups in total. The van der Waals surface area contributed by atoms with Crippen molar-refractivity contribution in [3.05, 3.63) is 53.6 Å². The molecule has 1 atom stereocenters. The van der Waals surface area contributed by atoms with Crippen molar-refractivity contribution < 1.29 is 4.21 Å². The van der Waals surface area contributed by atoms with Crippen LogP contribution in [0.15, 0.2) is 48.1 Å². The van der Waals surface area contributed by atoms with E-state index in [2.05, 4.69) is 44.2 Å². The van der Waals surface area contributed by atoms with Crippen molar-refractivity contribution >= 4 is 16.6 Å². The summed E-state index contributed by atoms with van der Waals surface area (Å²) in [4.78, 5) is 0. The van der Waals surface area contributed by atoms with E-state index in [0.717, 1.165) is 5.57 Å². The third-order valence-corrected chi connectivity index (χ3v) is 3.26. The Kier molecular flexibility index (Phi) is 9.15. The van der Waals surface area contributed by atoms with Crippen LogP contribution in [-0.2, 0) is 11.0 Å². The van der Waals surface area contributed by atoms with E-state index in [1.807, 2.05) is 26.0 Å². The Morgan fingerprint density at radius 3 is 2.06 bits per heavy atom. The van der Waals surface area contributed by atoms with Crippen LogP contribution in [0.3, 0.4) is 0 Å². The molecule has 0 aliphatic heterocycles. The highest BCUT2D eigenvalue weighted by Gasteiger charge is 1.90. The van der Waals surface area contributed by atoms with E-state index in [0.29, 0.717) is 5.75 Å². The first-order chi connectivity index (χ1) is 8.51. The maximum Gasteiger partial charge on any atom is 0.0929 e. The fraction of sp³-hybridized carbons (Fsp3) is 0.333. The zero-order chi connectivity index (χ0) is 14.0. The summed E-state index contributed by atoms with van der Waals surface area (Å²) in [6.07, 6.45) is 4.03. The second kappa shape index (κ2) is 9.80. The molecule has 0 radical (unpaired) electrons. The van der Waals surface area contributed by atoms with Crippen molar-refractivity contribution in [3.8, 4) is 0 Å². The first-order valence-corrected chi connectivity index (χ1v) is 7.32. The number of hydrogen-bond acceptors (Lipinski definition) is 1. The Hall–Kier alpha value is -1.19. The van der Waals surface area contributed by atoms with E-state index in [1.165, 1.54) is 11.1 Å². The van der Waals surface area contributed by atoms with Crippen LogP contribution in [0.2, 0.25) is 0 Å². The highest BCUT2D eigenvalue weighted by Crippen LogP contribution is 2.11. The summed E-state index contributed by atoms with van der Waals surface area (Å²) in [6.45, 7) is 7.99. The Balaban J connectivity index is 0.000000331. The van der Waals surface area contributed by atoms with Crippen LogP contribution in [0.25, 0.3) is 5.57 Å². The van der Waals surface area contributed by atoms with Gasteiger partial charge in [0.25, 0.3) is 0 Å². The van der Waals surface area contributed by atoms with Crippen molar-refractivity contribution in [1.29, 1.82) is 0 Å². The summed E-state index contributed by atoms with van der Waals surface area (Å²) in [5.41, 5.74) is 3.72. The van der Waals surface area contributed by atoms with Gasteiger partial charge in [-0.05, 0) is 38.8 Å². The second-order valence-electron chi connectivity index (χ2n) is 4.00. The monoisotopic (exact) mass is 265 g/mol. The second-order valence-corrected chi connectivity index (χ2v) is 5.05. The molecule has 18 heavy (non-hydrogen) atoms. The molecule has 2 nitrogen and oxygen atoms in total. The number of nitrogens with two attached hydrogens (primary N) is 1. The molecule has 1 rings (SSSR count). The largest absolute Gasteiger partial charge is 0.252 e. The third kappa shape index (κ3) is 7.98. The summed E-state index contributed by atoms with van der Waals surface area (Å²) in [5.74, 6) is 0.497. The van der Waals surface area contributed by atoms with Gasteiger partial charge in [-0.2, -0.15) is 0 Å². The fourth-order valence-corrected chi connectivity index (χ4v) is 1.79. The predicted molar refractivity (Wildman–Crippen MR) is 82.4 cm³/mol. The van der Waals surface area contributed by atoms with E-state index in [-0.39, 0.29) is 0 Å². The summed E-state index contributed by atoms with van der Waals surface area (Å²) in [7, 11) is -1.16. The van der Waals surface area contributed by atoms with Gasteiger partial charge in [0.15, 0.2) is 0 Å². The van der Waals surface area contributed by atoms with Crippen LogP contribution < -0.4 is 5.14 Å². The van der Waals surface area contributed by atoms with E-state index >= 15 is 0 Å². The molecule has 0 aliphatic rings. The predicted octanol–water partition coefficient (Wildman–Crippen LogP) is 3.68. The van der Waals surface area contributed by atoms with Gasteiger partial charge >= 0.3 is 0 Å². The molecular weight excluding hydrogens is 242 g/mol. The summed E-state index contributed by atoms with van der Waals surface area (Å²) >= 11 is 0. The van der Waals surface area contributed by atoms with Gasteiger partial charge in [-0.1, -0.05) is 48.1 Å². The molecule has 0 saturated heterocycles. The highest BCUT2D eigenvalue weighted by molar-refractivity contribution is 7.82. The fourth-order valence-electron chi connectivity index (χ4n) is 1.18. The molecule has 0 bridgehead atoms. The van der Waals surface area contributed by atoms with Crippen LogP contribution in [0.5, 0.6) is 0 Å². The van der Waals surface area contributed by atoms with Gasteiger partial charge in [-0.3, -0.25) is 5.14 Å². The summed E-state index contributed by atoms with van der Waals surface area (Å²) in [6, 6.07) is 10.4. The Bertz CT molecular complexity index is 421. The lowest BCUT2D eigenvalue weighted by Crippen LogP contribution is -2.07. The minimum atomic E-state index is -1.16. The van der Waals surface area contributed by atoms with Crippen LogP contribution >= 0.6 is 0 Å². The van der Waals surface area contributed by atoms with Crippen molar-refractivity contribution in [1.82, 2.24) is 0 Å². The molecule has 1 unspecified atom stereocenters. The number of benzene rings is 1. The SMILES string of the molecule is C/C=C(\C)CS(N)=O.C/C=C(\C)c1ccccc1. The molecule has 1 aromatic carbocycles. The van der Waals surface area contributed by atoms with Crippen LogP contribution in [0.4, 0.5) is 0 Å². The molecule has 0 spiro atoms. The Morgan fingerprint density at radius 1 is 1.17 bits per heavy atom. The summed E-state index contributed by atoms with van der Waals surface area (Å²) in [5, 5.41) is 5.00. The molecule has 3 heteroatoms. The van der Waals surface area contributed by atoms with Gasteiger partial charge in [0.05, 0.1) is 16.7 Å². The third-order valence-electron chi connectivity index (χ3n) is 2.52. The van der Waals surface area contributed by atoms with Crippen molar-refractivity contribution in [2.75, 3.05) is 5.75 Å². The normalized spacial score (nSPS) is 13.6. The first-order valence-electron chi connectivity index (χ1n) is 5.94. The minimum Gasteiger partial charge on any atom is -0.252 e.